The Labute approximate surface area is 124 Å². The average molecular weight is 282 g/mol. The van der Waals surface area contributed by atoms with Crippen molar-refractivity contribution in [2.75, 3.05) is 19.7 Å². The summed E-state index contributed by atoms with van der Waals surface area (Å²) in [6.45, 7) is 4.72. The van der Waals surface area contributed by atoms with E-state index < -0.39 is 0 Å². The van der Waals surface area contributed by atoms with Crippen molar-refractivity contribution in [1.82, 2.24) is 14.5 Å². The smallest absolute Gasteiger partial charge is 0.122 e. The third kappa shape index (κ3) is 3.41. The minimum absolute atomic E-state index is 0.658. The SMILES string of the molecule is N#Cc1ccc(OCCCN2CCn3ccnc3C2)cc1. The van der Waals surface area contributed by atoms with E-state index in [-0.39, 0.29) is 0 Å². The topological polar surface area (TPSA) is 54.1 Å². The molecule has 0 saturated carbocycles. The van der Waals surface area contributed by atoms with Crippen molar-refractivity contribution in [3.8, 4) is 11.8 Å². The van der Waals surface area contributed by atoms with E-state index in [1.165, 1.54) is 0 Å². The van der Waals surface area contributed by atoms with Gasteiger partial charge in [0.05, 0.1) is 24.8 Å². The molecular weight excluding hydrogens is 264 g/mol. The molecule has 0 atom stereocenters. The minimum Gasteiger partial charge on any atom is -0.494 e. The lowest BCUT2D eigenvalue weighted by Gasteiger charge is -2.27. The highest BCUT2D eigenvalue weighted by Gasteiger charge is 2.15. The number of nitrogens with zero attached hydrogens (tertiary/aromatic N) is 4. The van der Waals surface area contributed by atoms with E-state index in [9.17, 15) is 0 Å². The summed E-state index contributed by atoms with van der Waals surface area (Å²) in [5.74, 6) is 1.97. The first-order chi connectivity index (χ1) is 10.3. The third-order valence-electron chi connectivity index (χ3n) is 3.69. The van der Waals surface area contributed by atoms with Gasteiger partial charge in [-0.3, -0.25) is 4.90 Å². The van der Waals surface area contributed by atoms with E-state index >= 15 is 0 Å². The second kappa shape index (κ2) is 6.42. The maximum atomic E-state index is 8.74. The van der Waals surface area contributed by atoms with Gasteiger partial charge >= 0.3 is 0 Å². The number of hydrogen-bond donors (Lipinski definition) is 0. The molecule has 1 aliphatic heterocycles. The van der Waals surface area contributed by atoms with Crippen LogP contribution in [0.2, 0.25) is 0 Å². The molecule has 5 nitrogen and oxygen atoms in total. The van der Waals surface area contributed by atoms with E-state index in [0.29, 0.717) is 12.2 Å². The van der Waals surface area contributed by atoms with E-state index in [1.807, 2.05) is 24.5 Å². The van der Waals surface area contributed by atoms with Crippen LogP contribution in [-0.2, 0) is 13.1 Å². The standard InChI is InChI=1S/C16H18N4O/c17-12-14-2-4-15(5-3-14)21-11-1-7-19-9-10-20-8-6-18-16(20)13-19/h2-6,8H,1,7,9-11,13H2. The molecule has 2 aromatic rings. The predicted molar refractivity (Wildman–Crippen MR) is 78.8 cm³/mol. The molecule has 0 N–H and O–H groups in total. The lowest BCUT2D eigenvalue weighted by Crippen LogP contribution is -2.34. The van der Waals surface area contributed by atoms with Crippen LogP contribution in [0.1, 0.15) is 17.8 Å². The van der Waals surface area contributed by atoms with Crippen LogP contribution >= 0.6 is 0 Å². The Balaban J connectivity index is 1.40. The van der Waals surface area contributed by atoms with Crippen molar-refractivity contribution in [2.45, 2.75) is 19.5 Å². The van der Waals surface area contributed by atoms with Gasteiger partial charge in [0, 0.05) is 32.0 Å². The van der Waals surface area contributed by atoms with Gasteiger partial charge in [0.1, 0.15) is 11.6 Å². The molecule has 0 unspecified atom stereocenters. The lowest BCUT2D eigenvalue weighted by atomic mass is 10.2. The van der Waals surface area contributed by atoms with Crippen molar-refractivity contribution in [1.29, 1.82) is 5.26 Å². The summed E-state index contributed by atoms with van der Waals surface area (Å²) >= 11 is 0. The number of rotatable bonds is 5. The maximum Gasteiger partial charge on any atom is 0.122 e. The summed E-state index contributed by atoms with van der Waals surface area (Å²) < 4.78 is 7.91. The highest BCUT2D eigenvalue weighted by atomic mass is 16.5. The van der Waals surface area contributed by atoms with Crippen LogP contribution in [0, 0.1) is 11.3 Å². The van der Waals surface area contributed by atoms with Gasteiger partial charge in [-0.15, -0.1) is 0 Å². The van der Waals surface area contributed by atoms with Crippen LogP contribution in [-0.4, -0.2) is 34.1 Å². The molecule has 21 heavy (non-hydrogen) atoms. The zero-order chi connectivity index (χ0) is 14.5. The molecule has 0 fully saturated rings. The first-order valence-electron chi connectivity index (χ1n) is 7.20. The minimum atomic E-state index is 0.658. The predicted octanol–water partition coefficient (Wildman–Crippen LogP) is 2.04. The summed E-state index contributed by atoms with van der Waals surface area (Å²) in [5.41, 5.74) is 0.658. The van der Waals surface area contributed by atoms with Crippen LogP contribution in [0.5, 0.6) is 5.75 Å². The lowest BCUT2D eigenvalue weighted by molar-refractivity contribution is 0.195. The molecular formula is C16H18N4O. The van der Waals surface area contributed by atoms with Crippen LogP contribution in [0.4, 0.5) is 0 Å². The van der Waals surface area contributed by atoms with E-state index in [2.05, 4.69) is 20.5 Å². The van der Waals surface area contributed by atoms with Crippen molar-refractivity contribution in [3.63, 3.8) is 0 Å². The second-order valence-electron chi connectivity index (χ2n) is 5.15. The first-order valence-corrected chi connectivity index (χ1v) is 7.20. The molecule has 0 spiro atoms. The molecule has 1 aromatic carbocycles. The number of aromatic nitrogens is 2. The molecule has 1 aliphatic rings. The number of fused-ring (bicyclic) bond motifs is 1. The largest absolute Gasteiger partial charge is 0.494 e. The number of imidazole rings is 1. The molecule has 0 bridgehead atoms. The molecule has 108 valence electrons. The monoisotopic (exact) mass is 282 g/mol. The fourth-order valence-corrected chi connectivity index (χ4v) is 2.52. The van der Waals surface area contributed by atoms with Crippen molar-refractivity contribution >= 4 is 0 Å². The average Bonchev–Trinajstić information content (AvgIpc) is 3.00. The van der Waals surface area contributed by atoms with Crippen molar-refractivity contribution in [2.24, 2.45) is 0 Å². The van der Waals surface area contributed by atoms with Crippen LogP contribution in [0.15, 0.2) is 36.7 Å². The van der Waals surface area contributed by atoms with Gasteiger partial charge in [-0.25, -0.2) is 4.98 Å². The molecule has 0 amide bonds. The zero-order valence-corrected chi connectivity index (χ0v) is 11.9. The number of nitriles is 1. The molecule has 2 heterocycles. The highest BCUT2D eigenvalue weighted by Crippen LogP contribution is 2.13. The van der Waals surface area contributed by atoms with Gasteiger partial charge in [-0.2, -0.15) is 5.26 Å². The van der Waals surface area contributed by atoms with Gasteiger partial charge in [0.2, 0.25) is 0 Å². The fourth-order valence-electron chi connectivity index (χ4n) is 2.52. The van der Waals surface area contributed by atoms with E-state index in [1.54, 1.807) is 12.1 Å². The van der Waals surface area contributed by atoms with Crippen LogP contribution < -0.4 is 4.74 Å². The summed E-state index contributed by atoms with van der Waals surface area (Å²) in [5, 5.41) is 8.74. The molecule has 0 radical (unpaired) electrons. The van der Waals surface area contributed by atoms with Gasteiger partial charge in [0.15, 0.2) is 0 Å². The highest BCUT2D eigenvalue weighted by molar-refractivity contribution is 5.34. The molecule has 0 saturated heterocycles. The normalized spacial score (nSPS) is 14.4. The second-order valence-corrected chi connectivity index (χ2v) is 5.15. The van der Waals surface area contributed by atoms with Gasteiger partial charge in [-0.1, -0.05) is 0 Å². The summed E-state index contributed by atoms with van der Waals surface area (Å²) in [7, 11) is 0. The summed E-state index contributed by atoms with van der Waals surface area (Å²) in [6.07, 6.45) is 4.90. The van der Waals surface area contributed by atoms with Crippen molar-refractivity contribution < 1.29 is 4.74 Å². The summed E-state index contributed by atoms with van der Waals surface area (Å²) in [6, 6.07) is 9.34. The molecule has 3 rings (SSSR count). The Bertz CT molecular complexity index is 626. The van der Waals surface area contributed by atoms with Crippen molar-refractivity contribution in [3.05, 3.63) is 48.0 Å². The first kappa shape index (κ1) is 13.7. The fraction of sp³-hybridized carbons (Fsp3) is 0.375. The number of hydrogen-bond acceptors (Lipinski definition) is 4. The van der Waals surface area contributed by atoms with E-state index in [0.717, 1.165) is 44.2 Å². The van der Waals surface area contributed by atoms with Gasteiger partial charge < -0.3 is 9.30 Å². The quantitative estimate of drug-likeness (QED) is 0.788. The Kier molecular flexibility index (Phi) is 4.17. The number of ether oxygens (including phenoxy) is 1. The maximum absolute atomic E-state index is 8.74. The van der Waals surface area contributed by atoms with Gasteiger partial charge in [-0.05, 0) is 30.7 Å². The van der Waals surface area contributed by atoms with E-state index in [4.69, 9.17) is 10.00 Å². The Hall–Kier alpha value is -2.32. The van der Waals surface area contributed by atoms with Gasteiger partial charge in [0.25, 0.3) is 0 Å². The molecule has 5 heteroatoms. The van der Waals surface area contributed by atoms with Crippen LogP contribution in [0.25, 0.3) is 0 Å². The summed E-state index contributed by atoms with van der Waals surface area (Å²) in [4.78, 5) is 6.77. The Morgan fingerprint density at radius 3 is 2.90 bits per heavy atom. The zero-order valence-electron chi connectivity index (χ0n) is 11.9. The Morgan fingerprint density at radius 2 is 2.10 bits per heavy atom. The Morgan fingerprint density at radius 1 is 1.24 bits per heavy atom. The number of benzene rings is 1. The van der Waals surface area contributed by atoms with Crippen LogP contribution in [0.3, 0.4) is 0 Å². The molecule has 0 aliphatic carbocycles. The molecule has 1 aromatic heterocycles. The third-order valence-corrected chi connectivity index (χ3v) is 3.69.